The molecule has 0 bridgehead atoms. The predicted octanol–water partition coefficient (Wildman–Crippen LogP) is 6.11. The summed E-state index contributed by atoms with van der Waals surface area (Å²) in [6.07, 6.45) is 6.69. The van der Waals surface area contributed by atoms with Crippen molar-refractivity contribution in [2.75, 3.05) is 0 Å². The topological polar surface area (TPSA) is 32.6 Å². The van der Waals surface area contributed by atoms with Gasteiger partial charge >= 0.3 is 0 Å². The maximum Gasteiger partial charge on any atom is 0.128 e. The molecular formula is C26H27NO. The molecule has 1 fully saturated rings. The number of rotatable bonds is 5. The van der Waals surface area contributed by atoms with Crippen molar-refractivity contribution in [1.82, 2.24) is 0 Å². The van der Waals surface area contributed by atoms with E-state index in [0.29, 0.717) is 11.8 Å². The Labute approximate surface area is 167 Å². The van der Waals surface area contributed by atoms with Crippen LogP contribution in [-0.2, 0) is 5.41 Å². The summed E-state index contributed by atoms with van der Waals surface area (Å²) in [6, 6.07) is 27.2. The lowest BCUT2D eigenvalue weighted by Gasteiger charge is -2.32. The Morgan fingerprint density at radius 2 is 1.39 bits per heavy atom. The lowest BCUT2D eigenvalue weighted by Crippen LogP contribution is -2.25. The number of benzene rings is 3. The van der Waals surface area contributed by atoms with E-state index in [9.17, 15) is 5.11 Å². The zero-order valence-corrected chi connectivity index (χ0v) is 16.4. The van der Waals surface area contributed by atoms with Crippen LogP contribution in [0.2, 0.25) is 0 Å². The number of nitrogens with zero attached hydrogens (tertiary/aromatic N) is 1. The van der Waals surface area contributed by atoms with Gasteiger partial charge in [-0.25, -0.2) is 0 Å². The van der Waals surface area contributed by atoms with Crippen LogP contribution in [0.4, 0.5) is 0 Å². The maximum absolute atomic E-state index is 11.2. The first-order valence-corrected chi connectivity index (χ1v) is 10.2. The highest BCUT2D eigenvalue weighted by Gasteiger charge is 2.33. The van der Waals surface area contributed by atoms with Gasteiger partial charge in [0.2, 0.25) is 0 Å². The third kappa shape index (κ3) is 3.47. The Morgan fingerprint density at radius 1 is 0.821 bits per heavy atom. The van der Waals surface area contributed by atoms with Gasteiger partial charge in [-0.1, -0.05) is 85.6 Å². The van der Waals surface area contributed by atoms with E-state index >= 15 is 0 Å². The van der Waals surface area contributed by atoms with Crippen LogP contribution >= 0.6 is 0 Å². The smallest absolute Gasteiger partial charge is 0.128 e. The molecule has 142 valence electrons. The van der Waals surface area contributed by atoms with E-state index in [4.69, 9.17) is 4.99 Å². The van der Waals surface area contributed by atoms with E-state index in [1.807, 2.05) is 36.5 Å². The molecule has 0 unspecified atom stereocenters. The average Bonchev–Trinajstić information content (AvgIpc) is 3.27. The standard InChI is InChI=1S/C26H27NO/c1-26(21-12-4-2-5-13-21,22-14-6-3-7-15-22)24-18-10-11-20(25(24)28)19-27-23-16-8-9-17-23/h2-7,10-15,18-19,23,28H,8-9,16-17H2,1H3. The summed E-state index contributed by atoms with van der Waals surface area (Å²) in [5.41, 5.74) is 3.55. The van der Waals surface area contributed by atoms with Crippen molar-refractivity contribution >= 4 is 6.21 Å². The maximum atomic E-state index is 11.2. The molecule has 28 heavy (non-hydrogen) atoms. The predicted molar refractivity (Wildman–Crippen MR) is 116 cm³/mol. The summed E-state index contributed by atoms with van der Waals surface area (Å²) in [5.74, 6) is 0.319. The number of phenolic OH excluding ortho intramolecular Hbond substituents is 1. The van der Waals surface area contributed by atoms with E-state index in [2.05, 4.69) is 55.5 Å². The quantitative estimate of drug-likeness (QED) is 0.427. The Kier molecular flexibility index (Phi) is 5.29. The molecular weight excluding hydrogens is 342 g/mol. The van der Waals surface area contributed by atoms with E-state index < -0.39 is 5.41 Å². The molecule has 1 N–H and O–H groups in total. The van der Waals surface area contributed by atoms with Gasteiger partial charge in [0, 0.05) is 28.8 Å². The van der Waals surface area contributed by atoms with E-state index in [1.165, 1.54) is 12.8 Å². The second-order valence-corrected chi connectivity index (χ2v) is 7.82. The number of hydrogen-bond acceptors (Lipinski definition) is 2. The molecule has 1 saturated carbocycles. The van der Waals surface area contributed by atoms with Gasteiger partial charge in [0.1, 0.15) is 5.75 Å². The number of hydrogen-bond donors (Lipinski definition) is 1. The molecule has 2 heteroatoms. The van der Waals surface area contributed by atoms with Gasteiger partial charge in [0.25, 0.3) is 0 Å². The highest BCUT2D eigenvalue weighted by molar-refractivity contribution is 5.85. The zero-order valence-electron chi connectivity index (χ0n) is 16.4. The molecule has 2 nitrogen and oxygen atoms in total. The summed E-state index contributed by atoms with van der Waals surface area (Å²) in [4.78, 5) is 4.74. The molecule has 0 atom stereocenters. The van der Waals surface area contributed by atoms with Crippen LogP contribution in [0.15, 0.2) is 83.9 Å². The molecule has 3 aromatic rings. The van der Waals surface area contributed by atoms with Gasteiger partial charge in [-0.05, 0) is 37.0 Å². The van der Waals surface area contributed by atoms with Crippen LogP contribution in [-0.4, -0.2) is 17.4 Å². The van der Waals surface area contributed by atoms with Crippen LogP contribution < -0.4 is 0 Å². The Balaban J connectivity index is 1.82. The number of para-hydroxylation sites is 1. The molecule has 0 saturated heterocycles. The molecule has 3 aromatic carbocycles. The minimum absolute atomic E-state index is 0.319. The van der Waals surface area contributed by atoms with Gasteiger partial charge in [0.15, 0.2) is 0 Å². The van der Waals surface area contributed by atoms with Crippen molar-refractivity contribution in [1.29, 1.82) is 0 Å². The van der Waals surface area contributed by atoms with Crippen LogP contribution in [0.25, 0.3) is 0 Å². The fraction of sp³-hybridized carbons (Fsp3) is 0.269. The number of aromatic hydroxyl groups is 1. The summed E-state index contributed by atoms with van der Waals surface area (Å²) >= 11 is 0. The van der Waals surface area contributed by atoms with E-state index in [-0.39, 0.29) is 0 Å². The van der Waals surface area contributed by atoms with Crippen molar-refractivity contribution in [3.63, 3.8) is 0 Å². The Bertz CT molecular complexity index is 901. The molecule has 0 heterocycles. The van der Waals surface area contributed by atoms with Gasteiger partial charge in [-0.2, -0.15) is 0 Å². The van der Waals surface area contributed by atoms with Gasteiger partial charge in [0.05, 0.1) is 0 Å². The van der Waals surface area contributed by atoms with Crippen molar-refractivity contribution in [2.45, 2.75) is 44.1 Å². The Hall–Kier alpha value is -2.87. The van der Waals surface area contributed by atoms with E-state index in [1.54, 1.807) is 0 Å². The second kappa shape index (κ2) is 8.02. The zero-order chi connectivity index (χ0) is 19.4. The molecule has 0 radical (unpaired) electrons. The van der Waals surface area contributed by atoms with Crippen molar-refractivity contribution in [2.24, 2.45) is 4.99 Å². The van der Waals surface area contributed by atoms with Crippen LogP contribution in [0.3, 0.4) is 0 Å². The highest BCUT2D eigenvalue weighted by Crippen LogP contribution is 2.43. The summed E-state index contributed by atoms with van der Waals surface area (Å²) in [7, 11) is 0. The molecule has 1 aliphatic carbocycles. The van der Waals surface area contributed by atoms with Crippen LogP contribution in [0, 0.1) is 0 Å². The van der Waals surface area contributed by atoms with Crippen molar-refractivity contribution in [3.05, 3.63) is 101 Å². The first kappa shape index (κ1) is 18.5. The van der Waals surface area contributed by atoms with Gasteiger partial charge < -0.3 is 5.11 Å². The molecule has 0 amide bonds. The van der Waals surface area contributed by atoms with E-state index in [0.717, 1.165) is 35.1 Å². The lowest BCUT2D eigenvalue weighted by atomic mass is 9.70. The second-order valence-electron chi connectivity index (χ2n) is 7.82. The number of phenols is 1. The van der Waals surface area contributed by atoms with Crippen LogP contribution in [0.5, 0.6) is 5.75 Å². The normalized spacial score (nSPS) is 15.3. The van der Waals surface area contributed by atoms with Crippen LogP contribution in [0.1, 0.15) is 54.9 Å². The van der Waals surface area contributed by atoms with Crippen molar-refractivity contribution < 1.29 is 5.11 Å². The largest absolute Gasteiger partial charge is 0.507 e. The highest BCUT2D eigenvalue weighted by atomic mass is 16.3. The minimum atomic E-state index is -0.455. The Morgan fingerprint density at radius 3 is 1.96 bits per heavy atom. The average molecular weight is 370 g/mol. The fourth-order valence-electron chi connectivity index (χ4n) is 4.33. The van der Waals surface area contributed by atoms with Gasteiger partial charge in [-0.15, -0.1) is 0 Å². The first-order valence-electron chi connectivity index (χ1n) is 10.2. The molecule has 1 aliphatic rings. The molecule has 0 aromatic heterocycles. The molecule has 0 spiro atoms. The first-order chi connectivity index (χ1) is 13.7. The fourth-order valence-corrected chi connectivity index (χ4v) is 4.33. The summed E-state index contributed by atoms with van der Waals surface area (Å²) in [5, 5.41) is 11.2. The minimum Gasteiger partial charge on any atom is -0.507 e. The third-order valence-corrected chi connectivity index (χ3v) is 6.06. The molecule has 0 aliphatic heterocycles. The van der Waals surface area contributed by atoms with Crippen molar-refractivity contribution in [3.8, 4) is 5.75 Å². The number of aliphatic imine (C=N–C) groups is 1. The monoisotopic (exact) mass is 369 g/mol. The SMILES string of the molecule is CC(c1ccccc1)(c1ccccc1)c1cccc(C=NC2CCCC2)c1O. The van der Waals surface area contributed by atoms with Gasteiger partial charge in [-0.3, -0.25) is 4.99 Å². The summed E-state index contributed by atoms with van der Waals surface area (Å²) in [6.45, 7) is 2.19. The summed E-state index contributed by atoms with van der Waals surface area (Å²) < 4.78 is 0. The molecule has 4 rings (SSSR count). The third-order valence-electron chi connectivity index (χ3n) is 6.06. The lowest BCUT2D eigenvalue weighted by molar-refractivity contribution is 0.456.